The third-order valence-corrected chi connectivity index (χ3v) is 6.80. The van der Waals surface area contributed by atoms with E-state index in [1.807, 2.05) is 33.8 Å². The molecule has 0 aromatic carbocycles. The van der Waals surface area contributed by atoms with Crippen LogP contribution in [0.2, 0.25) is 5.15 Å². The first-order chi connectivity index (χ1) is 17.0. The summed E-state index contributed by atoms with van der Waals surface area (Å²) in [6, 6.07) is 5.71. The molecular weight excluding hydrogens is 482 g/mol. The Labute approximate surface area is 217 Å². The lowest BCUT2D eigenvalue weighted by Crippen LogP contribution is -2.44. The third kappa shape index (κ3) is 7.20. The molecule has 2 aromatic heterocycles. The number of aromatic nitrogens is 3. The molecule has 0 atom stereocenters. The van der Waals surface area contributed by atoms with Gasteiger partial charge in [0.2, 0.25) is 5.88 Å². The third-order valence-electron chi connectivity index (χ3n) is 6.59. The number of rotatable bonds is 5. The fourth-order valence-corrected chi connectivity index (χ4v) is 4.70. The molecule has 36 heavy (non-hydrogen) atoms. The van der Waals surface area contributed by atoms with Crippen molar-refractivity contribution in [2.45, 2.75) is 89.6 Å². The van der Waals surface area contributed by atoms with Gasteiger partial charge in [0.15, 0.2) is 0 Å². The summed E-state index contributed by atoms with van der Waals surface area (Å²) in [6.07, 6.45) is 6.02. The Hall–Kier alpha value is -2.65. The Balaban J connectivity index is 1.35. The van der Waals surface area contributed by atoms with Gasteiger partial charge in [-0.2, -0.15) is 0 Å². The van der Waals surface area contributed by atoms with Gasteiger partial charge in [-0.15, -0.1) is 10.2 Å². The summed E-state index contributed by atoms with van der Waals surface area (Å²) in [5.74, 6) is 0.445. The Kier molecular flexibility index (Phi) is 7.90. The first-order valence-corrected chi connectivity index (χ1v) is 13.0. The van der Waals surface area contributed by atoms with E-state index in [9.17, 15) is 9.90 Å². The van der Waals surface area contributed by atoms with Crippen LogP contribution in [0, 0.1) is 0 Å². The molecule has 2 aromatic rings. The second-order valence-corrected chi connectivity index (χ2v) is 11.4. The number of amides is 1. The lowest BCUT2D eigenvalue weighted by atomic mass is 9.83. The highest BCUT2D eigenvalue weighted by atomic mass is 35.5. The summed E-state index contributed by atoms with van der Waals surface area (Å²) >= 11 is 6.18. The molecule has 10 heteroatoms. The van der Waals surface area contributed by atoms with E-state index in [1.165, 1.54) is 0 Å². The highest BCUT2D eigenvalue weighted by molar-refractivity contribution is 6.29. The smallest absolute Gasteiger partial charge is 0.410 e. The molecular formula is C26H36ClN5O4. The van der Waals surface area contributed by atoms with Crippen molar-refractivity contribution in [3.05, 3.63) is 29.5 Å². The fourth-order valence-electron chi connectivity index (χ4n) is 4.54. The van der Waals surface area contributed by atoms with Crippen molar-refractivity contribution in [2.75, 3.05) is 18.4 Å². The summed E-state index contributed by atoms with van der Waals surface area (Å²) in [4.78, 5) is 18.2. The zero-order valence-corrected chi connectivity index (χ0v) is 22.2. The number of nitrogens with zero attached hydrogens (tertiary/aromatic N) is 4. The van der Waals surface area contributed by atoms with Crippen LogP contribution in [0.3, 0.4) is 0 Å². The summed E-state index contributed by atoms with van der Waals surface area (Å²) in [5, 5.41) is 22.9. The molecule has 1 aliphatic carbocycles. The van der Waals surface area contributed by atoms with Crippen LogP contribution in [0.25, 0.3) is 11.3 Å². The number of ether oxygens (including phenoxy) is 2. The predicted molar refractivity (Wildman–Crippen MR) is 138 cm³/mol. The van der Waals surface area contributed by atoms with E-state index in [0.717, 1.165) is 36.9 Å². The fraction of sp³-hybridized carbons (Fsp3) is 0.615. The molecule has 196 valence electrons. The van der Waals surface area contributed by atoms with Crippen LogP contribution < -0.4 is 10.1 Å². The van der Waals surface area contributed by atoms with Gasteiger partial charge in [0.25, 0.3) is 0 Å². The van der Waals surface area contributed by atoms with E-state index in [0.29, 0.717) is 42.7 Å². The number of hydrogen-bond acceptors (Lipinski definition) is 8. The summed E-state index contributed by atoms with van der Waals surface area (Å²) in [7, 11) is 0. The predicted octanol–water partition coefficient (Wildman–Crippen LogP) is 5.08. The van der Waals surface area contributed by atoms with Crippen molar-refractivity contribution in [3.63, 3.8) is 0 Å². The van der Waals surface area contributed by atoms with Crippen LogP contribution in [0.4, 0.5) is 10.5 Å². The highest BCUT2D eigenvalue weighted by Gasteiger charge is 2.30. The first-order valence-electron chi connectivity index (χ1n) is 12.6. The molecule has 9 nitrogen and oxygen atoms in total. The topological polar surface area (TPSA) is 110 Å². The molecule has 1 amide bonds. The standard InChI is InChI=1S/C26H36ClN5O4/c1-25(2,3)36-24(33)32-13-9-18(10-14-32)35-23-6-5-20(30-31-23)19-16-28-22(27)15-21(19)29-17-7-11-26(4,34)12-8-17/h5-6,15-18,34H,7-14H2,1-4H3,(H,28,29). The number of likely N-dealkylation sites (tertiary alicyclic amines) is 1. The number of hydrogen-bond donors (Lipinski definition) is 2. The lowest BCUT2D eigenvalue weighted by Gasteiger charge is -2.34. The molecule has 0 spiro atoms. The number of pyridine rings is 1. The minimum absolute atomic E-state index is 0.0400. The van der Waals surface area contributed by atoms with Gasteiger partial charge in [-0.05, 0) is 65.5 Å². The van der Waals surface area contributed by atoms with E-state index >= 15 is 0 Å². The molecule has 1 saturated carbocycles. The molecule has 0 radical (unpaired) electrons. The van der Waals surface area contributed by atoms with Gasteiger partial charge < -0.3 is 24.8 Å². The number of anilines is 1. The molecule has 1 saturated heterocycles. The quantitative estimate of drug-likeness (QED) is 0.528. The summed E-state index contributed by atoms with van der Waals surface area (Å²) in [6.45, 7) is 8.64. The van der Waals surface area contributed by atoms with Gasteiger partial charge in [0, 0.05) is 55.5 Å². The lowest BCUT2D eigenvalue weighted by molar-refractivity contribution is 0.0121. The molecule has 0 bridgehead atoms. The number of halogens is 1. The van der Waals surface area contributed by atoms with Crippen LogP contribution in [0.1, 0.15) is 66.2 Å². The second-order valence-electron chi connectivity index (χ2n) is 11.0. The van der Waals surface area contributed by atoms with Crippen LogP contribution in [-0.2, 0) is 4.74 Å². The number of piperidine rings is 1. The zero-order chi connectivity index (χ0) is 25.9. The van der Waals surface area contributed by atoms with Gasteiger partial charge in [-0.3, -0.25) is 0 Å². The monoisotopic (exact) mass is 517 g/mol. The van der Waals surface area contributed by atoms with E-state index in [4.69, 9.17) is 21.1 Å². The maximum absolute atomic E-state index is 12.3. The van der Waals surface area contributed by atoms with Crippen molar-refractivity contribution in [3.8, 4) is 17.1 Å². The SMILES string of the molecule is CC1(O)CCC(Nc2cc(Cl)ncc2-c2ccc(OC3CCN(C(=O)OC(C)(C)C)CC3)nn2)CC1. The summed E-state index contributed by atoms with van der Waals surface area (Å²) < 4.78 is 11.5. The summed E-state index contributed by atoms with van der Waals surface area (Å²) in [5.41, 5.74) is 1.22. The minimum Gasteiger partial charge on any atom is -0.473 e. The Morgan fingerprint density at radius 3 is 2.47 bits per heavy atom. The number of carbonyl (C=O) groups is 1. The van der Waals surface area contributed by atoms with Gasteiger partial charge in [0.1, 0.15) is 16.9 Å². The maximum Gasteiger partial charge on any atom is 0.410 e. The Morgan fingerprint density at radius 2 is 1.86 bits per heavy atom. The molecule has 3 heterocycles. The molecule has 2 N–H and O–H groups in total. The van der Waals surface area contributed by atoms with Gasteiger partial charge in [0.05, 0.1) is 11.3 Å². The van der Waals surface area contributed by atoms with Gasteiger partial charge >= 0.3 is 6.09 Å². The van der Waals surface area contributed by atoms with Crippen LogP contribution in [0.5, 0.6) is 5.88 Å². The van der Waals surface area contributed by atoms with Crippen molar-refractivity contribution in [2.24, 2.45) is 0 Å². The maximum atomic E-state index is 12.3. The van der Waals surface area contributed by atoms with Crippen LogP contribution in [-0.4, -0.2) is 67.7 Å². The molecule has 4 rings (SSSR count). The zero-order valence-electron chi connectivity index (χ0n) is 21.5. The molecule has 2 fully saturated rings. The van der Waals surface area contributed by atoms with Gasteiger partial charge in [-0.25, -0.2) is 9.78 Å². The molecule has 0 unspecified atom stereocenters. The average molecular weight is 518 g/mol. The van der Waals surface area contributed by atoms with Crippen molar-refractivity contribution in [1.82, 2.24) is 20.1 Å². The normalized spacial score (nSPS) is 23.3. The Bertz CT molecular complexity index is 1040. The van der Waals surface area contributed by atoms with Crippen molar-refractivity contribution >= 4 is 23.4 Å². The number of nitrogens with one attached hydrogen (secondary N) is 1. The Morgan fingerprint density at radius 1 is 1.17 bits per heavy atom. The number of carbonyl (C=O) groups excluding carboxylic acids is 1. The average Bonchev–Trinajstić information content (AvgIpc) is 2.81. The van der Waals surface area contributed by atoms with Crippen molar-refractivity contribution < 1.29 is 19.4 Å². The van der Waals surface area contributed by atoms with Crippen LogP contribution >= 0.6 is 11.6 Å². The minimum atomic E-state index is -0.593. The second kappa shape index (κ2) is 10.8. The molecule has 2 aliphatic rings. The van der Waals surface area contributed by atoms with E-state index in [2.05, 4.69) is 20.5 Å². The van der Waals surface area contributed by atoms with E-state index in [1.54, 1.807) is 23.2 Å². The first kappa shape index (κ1) is 26.4. The number of aliphatic hydroxyl groups is 1. The van der Waals surface area contributed by atoms with E-state index < -0.39 is 11.2 Å². The van der Waals surface area contributed by atoms with Gasteiger partial charge in [-0.1, -0.05) is 11.6 Å². The van der Waals surface area contributed by atoms with Crippen LogP contribution in [0.15, 0.2) is 24.4 Å². The molecule has 1 aliphatic heterocycles. The van der Waals surface area contributed by atoms with Crippen molar-refractivity contribution in [1.29, 1.82) is 0 Å². The largest absolute Gasteiger partial charge is 0.473 e. The van der Waals surface area contributed by atoms with E-state index in [-0.39, 0.29) is 18.2 Å². The highest BCUT2D eigenvalue weighted by Crippen LogP contribution is 2.33.